The van der Waals surface area contributed by atoms with Crippen molar-refractivity contribution >= 4 is 40.0 Å². The molecule has 1 aliphatic rings. The molecule has 0 unspecified atom stereocenters. The minimum absolute atomic E-state index is 0.205. The molecule has 37 heavy (non-hydrogen) atoms. The third kappa shape index (κ3) is 5.74. The maximum Gasteiger partial charge on any atom is 0.248 e. The highest BCUT2D eigenvalue weighted by Gasteiger charge is 2.16. The van der Waals surface area contributed by atoms with Crippen LogP contribution in [-0.4, -0.2) is 70.2 Å². The molecule has 4 aromatic rings. The van der Waals surface area contributed by atoms with E-state index in [0.717, 1.165) is 60.4 Å². The van der Waals surface area contributed by atoms with Crippen LogP contribution < -0.4 is 15.5 Å². The number of aliphatic hydroxyl groups is 1. The van der Waals surface area contributed by atoms with Crippen molar-refractivity contribution < 1.29 is 9.90 Å². The number of rotatable bonds is 8. The molecule has 0 saturated carbocycles. The molecule has 1 aliphatic heterocycles. The molecule has 2 aromatic heterocycles. The summed E-state index contributed by atoms with van der Waals surface area (Å²) in [6.07, 6.45) is 4.67. The van der Waals surface area contributed by atoms with Crippen molar-refractivity contribution in [3.8, 4) is 11.1 Å². The van der Waals surface area contributed by atoms with Gasteiger partial charge in [-0.05, 0) is 48.0 Å². The van der Waals surface area contributed by atoms with Crippen molar-refractivity contribution in [1.29, 1.82) is 0 Å². The fourth-order valence-electron chi connectivity index (χ4n) is 4.45. The number of fused-ring (bicyclic) bond motifs is 1. The summed E-state index contributed by atoms with van der Waals surface area (Å²) in [6.45, 7) is 8.21. The van der Waals surface area contributed by atoms with Crippen LogP contribution >= 0.6 is 0 Å². The summed E-state index contributed by atoms with van der Waals surface area (Å²) in [4.78, 5) is 29.9. The molecule has 188 valence electrons. The van der Waals surface area contributed by atoms with Gasteiger partial charge in [-0.15, -0.1) is 0 Å². The highest BCUT2D eigenvalue weighted by Crippen LogP contribution is 2.29. The Bertz CT molecular complexity index is 1400. The number of hydrogen-bond donors (Lipinski definition) is 3. The number of piperazine rings is 1. The molecule has 1 fully saturated rings. The van der Waals surface area contributed by atoms with Crippen molar-refractivity contribution in [3.05, 3.63) is 79.6 Å². The predicted octanol–water partition coefficient (Wildman–Crippen LogP) is 3.67. The Morgan fingerprint density at radius 1 is 1.05 bits per heavy atom. The Morgan fingerprint density at radius 3 is 2.62 bits per heavy atom. The normalized spacial score (nSPS) is 13.9. The van der Waals surface area contributed by atoms with E-state index in [2.05, 4.69) is 49.1 Å². The lowest BCUT2D eigenvalue weighted by Gasteiger charge is -2.35. The van der Waals surface area contributed by atoms with Crippen LogP contribution in [0.5, 0.6) is 0 Å². The first-order valence-electron chi connectivity index (χ1n) is 12.2. The predicted molar refractivity (Wildman–Crippen MR) is 147 cm³/mol. The Morgan fingerprint density at radius 2 is 1.86 bits per heavy atom. The van der Waals surface area contributed by atoms with Crippen LogP contribution in [-0.2, 0) is 4.79 Å². The van der Waals surface area contributed by atoms with Crippen LogP contribution in [0.2, 0.25) is 0 Å². The maximum absolute atomic E-state index is 11.7. The number of pyridine rings is 1. The smallest absolute Gasteiger partial charge is 0.248 e. The molecule has 0 atom stereocenters. The van der Waals surface area contributed by atoms with Crippen molar-refractivity contribution in [1.82, 2.24) is 19.9 Å². The van der Waals surface area contributed by atoms with Gasteiger partial charge in [0, 0.05) is 67.4 Å². The third-order valence-electron chi connectivity index (χ3n) is 6.40. The number of benzene rings is 2. The van der Waals surface area contributed by atoms with Gasteiger partial charge in [0.2, 0.25) is 11.9 Å². The molecular formula is C28H29N7O2. The van der Waals surface area contributed by atoms with Crippen molar-refractivity contribution in [2.45, 2.75) is 0 Å². The molecule has 0 bridgehead atoms. The Kier molecular flexibility index (Phi) is 7.34. The zero-order valence-electron chi connectivity index (χ0n) is 20.5. The first-order chi connectivity index (χ1) is 18.1. The van der Waals surface area contributed by atoms with Crippen molar-refractivity contribution in [2.75, 3.05) is 54.9 Å². The lowest BCUT2D eigenvalue weighted by molar-refractivity contribution is -0.111. The number of β-amino-alcohol motifs (C(OH)–C–C–N with tert-alkyl or cyclic N) is 1. The van der Waals surface area contributed by atoms with Gasteiger partial charge in [0.25, 0.3) is 0 Å². The minimum Gasteiger partial charge on any atom is -0.395 e. The number of nitrogens with zero attached hydrogens (tertiary/aromatic N) is 5. The van der Waals surface area contributed by atoms with Crippen LogP contribution in [0, 0.1) is 0 Å². The van der Waals surface area contributed by atoms with E-state index in [1.165, 1.54) is 11.8 Å². The van der Waals surface area contributed by atoms with Gasteiger partial charge in [-0.3, -0.25) is 9.69 Å². The SMILES string of the molecule is C=CC(=O)Nc1cc(-c2cccc3cnc(Nc4ccc(N5CCN(CCO)CC5)cc4)nc23)ccn1. The topological polar surface area (TPSA) is 107 Å². The number of anilines is 4. The van der Waals surface area contributed by atoms with Gasteiger partial charge in [0.1, 0.15) is 5.82 Å². The molecule has 0 aliphatic carbocycles. The van der Waals surface area contributed by atoms with E-state index in [4.69, 9.17) is 10.1 Å². The summed E-state index contributed by atoms with van der Waals surface area (Å²) in [5.41, 5.74) is 4.67. The fraction of sp³-hybridized carbons (Fsp3) is 0.214. The van der Waals surface area contributed by atoms with Crippen LogP contribution in [0.1, 0.15) is 0 Å². The monoisotopic (exact) mass is 495 g/mol. The molecule has 2 aromatic carbocycles. The van der Waals surface area contributed by atoms with Crippen LogP contribution in [0.25, 0.3) is 22.0 Å². The zero-order chi connectivity index (χ0) is 25.6. The Balaban J connectivity index is 1.34. The van der Waals surface area contributed by atoms with Crippen molar-refractivity contribution in [2.24, 2.45) is 0 Å². The highest BCUT2D eigenvalue weighted by molar-refractivity contribution is 5.99. The number of aliphatic hydroxyl groups excluding tert-OH is 1. The summed E-state index contributed by atoms with van der Waals surface area (Å²) in [7, 11) is 0. The molecule has 9 heteroatoms. The van der Waals surface area contributed by atoms with Gasteiger partial charge in [0.15, 0.2) is 0 Å². The molecule has 5 rings (SSSR count). The molecule has 1 amide bonds. The molecule has 0 spiro atoms. The number of nitrogens with one attached hydrogen (secondary N) is 2. The molecule has 3 heterocycles. The van der Waals surface area contributed by atoms with E-state index in [0.29, 0.717) is 11.8 Å². The Hall–Kier alpha value is -4.34. The second kappa shape index (κ2) is 11.2. The standard InChI is InChI=1S/C28H29N7O2/c1-2-26(37)32-25-18-20(10-11-29-25)24-5-3-4-21-19-30-28(33-27(21)24)31-22-6-8-23(9-7-22)35-14-12-34(13-15-35)16-17-36/h2-11,18-19,36H,1,12-17H2,(H,29,32,37)(H,30,31,33). The second-order valence-electron chi connectivity index (χ2n) is 8.78. The largest absolute Gasteiger partial charge is 0.395 e. The summed E-state index contributed by atoms with van der Waals surface area (Å²) in [6, 6.07) is 17.9. The Labute approximate surface area is 215 Å². The number of carbonyl (C=O) groups excluding carboxylic acids is 1. The molecule has 0 radical (unpaired) electrons. The number of hydrogen-bond acceptors (Lipinski definition) is 8. The van der Waals surface area contributed by atoms with E-state index in [9.17, 15) is 4.79 Å². The summed E-state index contributed by atoms with van der Waals surface area (Å²) >= 11 is 0. The quantitative estimate of drug-likeness (QED) is 0.318. The van der Waals surface area contributed by atoms with Crippen molar-refractivity contribution in [3.63, 3.8) is 0 Å². The maximum atomic E-state index is 11.7. The molecular weight excluding hydrogens is 466 g/mol. The summed E-state index contributed by atoms with van der Waals surface area (Å²) in [5, 5.41) is 16.1. The van der Waals surface area contributed by atoms with E-state index in [-0.39, 0.29) is 12.5 Å². The van der Waals surface area contributed by atoms with E-state index in [1.807, 2.05) is 42.5 Å². The van der Waals surface area contributed by atoms with Crippen LogP contribution in [0.4, 0.5) is 23.1 Å². The summed E-state index contributed by atoms with van der Waals surface area (Å²) < 4.78 is 0. The lowest BCUT2D eigenvalue weighted by Crippen LogP contribution is -2.47. The van der Waals surface area contributed by atoms with Gasteiger partial charge in [0.05, 0.1) is 12.1 Å². The van der Waals surface area contributed by atoms with Crippen LogP contribution in [0.3, 0.4) is 0 Å². The van der Waals surface area contributed by atoms with Gasteiger partial charge in [-0.2, -0.15) is 0 Å². The molecule has 1 saturated heterocycles. The van der Waals surface area contributed by atoms with Crippen LogP contribution in [0.15, 0.2) is 79.6 Å². The van der Waals surface area contributed by atoms with E-state index >= 15 is 0 Å². The molecule has 3 N–H and O–H groups in total. The first kappa shape index (κ1) is 24.4. The number of aromatic nitrogens is 3. The zero-order valence-corrected chi connectivity index (χ0v) is 20.5. The number of amides is 1. The minimum atomic E-state index is -0.314. The molecule has 9 nitrogen and oxygen atoms in total. The lowest BCUT2D eigenvalue weighted by atomic mass is 10.0. The van der Waals surface area contributed by atoms with E-state index < -0.39 is 0 Å². The van der Waals surface area contributed by atoms with Gasteiger partial charge < -0.3 is 20.6 Å². The van der Waals surface area contributed by atoms with Gasteiger partial charge in [-0.1, -0.05) is 24.8 Å². The number of para-hydroxylation sites is 1. The van der Waals surface area contributed by atoms with Gasteiger partial charge in [-0.25, -0.2) is 15.0 Å². The number of carbonyl (C=O) groups is 1. The average Bonchev–Trinajstić information content (AvgIpc) is 2.94. The third-order valence-corrected chi connectivity index (χ3v) is 6.40. The first-order valence-corrected chi connectivity index (χ1v) is 12.2. The summed E-state index contributed by atoms with van der Waals surface area (Å²) in [5.74, 6) is 0.632. The average molecular weight is 496 g/mol. The second-order valence-corrected chi connectivity index (χ2v) is 8.78. The highest BCUT2D eigenvalue weighted by atomic mass is 16.3. The van der Waals surface area contributed by atoms with E-state index in [1.54, 1.807) is 12.4 Å². The van der Waals surface area contributed by atoms with Gasteiger partial charge >= 0.3 is 0 Å². The fourth-order valence-corrected chi connectivity index (χ4v) is 4.45.